The number of pyridine rings is 1. The Morgan fingerprint density at radius 1 is 1.17 bits per heavy atom. The molecule has 0 saturated heterocycles. The number of hydrogen-bond acceptors (Lipinski definition) is 8. The van der Waals surface area contributed by atoms with Gasteiger partial charge in [0.1, 0.15) is 4.21 Å². The average Bonchev–Trinajstić information content (AvgIpc) is 3.54. The highest BCUT2D eigenvalue weighted by Gasteiger charge is 2.37. The molecule has 4 aromatic rings. The van der Waals surface area contributed by atoms with Crippen molar-refractivity contribution in [2.75, 3.05) is 17.1 Å². The van der Waals surface area contributed by atoms with E-state index in [1.54, 1.807) is 42.9 Å². The number of thiophene rings is 1. The lowest BCUT2D eigenvalue weighted by Gasteiger charge is -2.19. The number of aromatic nitrogens is 3. The molecule has 0 saturated carbocycles. The molecule has 3 aromatic heterocycles. The van der Waals surface area contributed by atoms with Crippen LogP contribution in [-0.4, -0.2) is 47.2 Å². The zero-order valence-corrected chi connectivity index (χ0v) is 21.7. The van der Waals surface area contributed by atoms with Gasteiger partial charge in [-0.3, -0.25) is 14.1 Å². The Kier molecular flexibility index (Phi) is 6.78. The molecule has 0 spiro atoms. The summed E-state index contributed by atoms with van der Waals surface area (Å²) < 4.78 is 29.2. The minimum absolute atomic E-state index is 0.0379. The number of nitrogens with zero attached hydrogens (tertiary/aromatic N) is 4. The van der Waals surface area contributed by atoms with Gasteiger partial charge in [-0.25, -0.2) is 18.4 Å². The lowest BCUT2D eigenvalue weighted by atomic mass is 9.93. The summed E-state index contributed by atoms with van der Waals surface area (Å²) in [7, 11) is -3.86. The topological polar surface area (TPSA) is 113 Å². The first-order valence-corrected chi connectivity index (χ1v) is 14.6. The monoisotopic (exact) mass is 538 g/mol. The third kappa shape index (κ3) is 4.73. The minimum Gasteiger partial charge on any atom is -0.481 e. The third-order valence-corrected chi connectivity index (χ3v) is 9.93. The van der Waals surface area contributed by atoms with Gasteiger partial charge in [0.05, 0.1) is 16.3 Å². The second kappa shape index (κ2) is 10.00. The lowest BCUT2D eigenvalue weighted by molar-refractivity contribution is -0.137. The van der Waals surface area contributed by atoms with Crippen LogP contribution < -0.4 is 4.31 Å². The number of carbonyl (C=O) groups is 1. The van der Waals surface area contributed by atoms with E-state index in [1.807, 2.05) is 30.5 Å². The Bertz CT molecular complexity index is 1520. The molecule has 8 nitrogen and oxygen atoms in total. The maximum Gasteiger partial charge on any atom is 0.303 e. The summed E-state index contributed by atoms with van der Waals surface area (Å²) >= 11 is 2.58. The van der Waals surface area contributed by atoms with E-state index in [4.69, 9.17) is 0 Å². The maximum absolute atomic E-state index is 13.8. The molecule has 0 fully saturated rings. The predicted octanol–water partition coefficient (Wildman–Crippen LogP) is 5.15. The molecule has 0 radical (unpaired) electrons. The van der Waals surface area contributed by atoms with Crippen molar-refractivity contribution in [3.05, 3.63) is 72.7 Å². The van der Waals surface area contributed by atoms with Crippen LogP contribution in [0.5, 0.6) is 0 Å². The summed E-state index contributed by atoms with van der Waals surface area (Å²) in [6.07, 6.45) is 7.29. The number of benzene rings is 1. The highest BCUT2D eigenvalue weighted by atomic mass is 32.2. The first-order chi connectivity index (χ1) is 17.4. The first-order valence-electron chi connectivity index (χ1n) is 11.1. The largest absolute Gasteiger partial charge is 0.481 e. The van der Waals surface area contributed by atoms with E-state index in [2.05, 4.69) is 15.0 Å². The van der Waals surface area contributed by atoms with E-state index in [-0.39, 0.29) is 23.1 Å². The molecule has 0 bridgehead atoms. The number of carboxylic acid groups (broad SMARTS) is 1. The molecule has 1 N–H and O–H groups in total. The highest BCUT2D eigenvalue weighted by molar-refractivity contribution is 7.98. The summed E-state index contributed by atoms with van der Waals surface area (Å²) in [5.74, 6) is -1.13. The minimum atomic E-state index is -3.86. The van der Waals surface area contributed by atoms with Crippen molar-refractivity contribution in [3.8, 4) is 21.7 Å². The van der Waals surface area contributed by atoms with E-state index >= 15 is 0 Å². The molecule has 36 heavy (non-hydrogen) atoms. The normalized spacial score (nSPS) is 15.1. The van der Waals surface area contributed by atoms with Crippen molar-refractivity contribution < 1.29 is 18.3 Å². The molecule has 0 aliphatic carbocycles. The van der Waals surface area contributed by atoms with Crippen LogP contribution in [0, 0.1) is 0 Å². The maximum atomic E-state index is 13.8. The Morgan fingerprint density at radius 3 is 2.78 bits per heavy atom. The van der Waals surface area contributed by atoms with Crippen LogP contribution in [-0.2, 0) is 14.8 Å². The lowest BCUT2D eigenvalue weighted by Crippen LogP contribution is -2.29. The van der Waals surface area contributed by atoms with Gasteiger partial charge in [-0.2, -0.15) is 0 Å². The van der Waals surface area contributed by atoms with Crippen LogP contribution in [0.3, 0.4) is 0 Å². The molecule has 1 aliphatic rings. The van der Waals surface area contributed by atoms with Gasteiger partial charge >= 0.3 is 5.97 Å². The van der Waals surface area contributed by atoms with Gasteiger partial charge in [0.25, 0.3) is 10.0 Å². The fourth-order valence-corrected chi connectivity index (χ4v) is 7.55. The number of carboxylic acids is 1. The fourth-order valence-electron chi connectivity index (χ4n) is 4.27. The summed E-state index contributed by atoms with van der Waals surface area (Å²) in [5, 5.41) is 9.87. The van der Waals surface area contributed by atoms with E-state index in [1.165, 1.54) is 16.1 Å². The molecule has 1 aromatic carbocycles. The molecule has 4 heterocycles. The standard InChI is InChI=1S/C25H22N4O4S3/c1-34-25-27-12-10-20(28-25)22-7-9-24(35-22)36(32,33)29-15-18(5-8-23(30)31)19-13-16(4-6-21(19)29)17-3-2-11-26-14-17/h2-4,6-7,9-14,18H,5,8,15H2,1H3,(H,30,31). The van der Waals surface area contributed by atoms with Crippen LogP contribution in [0.1, 0.15) is 24.3 Å². The first kappa shape index (κ1) is 24.4. The number of fused-ring (bicyclic) bond motifs is 1. The van der Waals surface area contributed by atoms with E-state index in [9.17, 15) is 18.3 Å². The molecular formula is C25H22N4O4S3. The van der Waals surface area contributed by atoms with Crippen molar-refractivity contribution in [2.45, 2.75) is 28.1 Å². The average molecular weight is 539 g/mol. The molecule has 0 amide bonds. The molecule has 184 valence electrons. The fraction of sp³-hybridized carbons (Fsp3) is 0.200. The van der Waals surface area contributed by atoms with Crippen molar-refractivity contribution >= 4 is 44.8 Å². The van der Waals surface area contributed by atoms with Gasteiger partial charge in [0.15, 0.2) is 5.16 Å². The Labute approximate surface area is 217 Å². The molecule has 1 atom stereocenters. The van der Waals surface area contributed by atoms with Crippen molar-refractivity contribution in [1.29, 1.82) is 0 Å². The highest BCUT2D eigenvalue weighted by Crippen LogP contribution is 2.44. The number of aliphatic carboxylic acids is 1. The van der Waals surface area contributed by atoms with Crippen LogP contribution in [0.4, 0.5) is 5.69 Å². The van der Waals surface area contributed by atoms with Crippen molar-refractivity contribution in [3.63, 3.8) is 0 Å². The molecule has 11 heteroatoms. The van der Waals surface area contributed by atoms with Gasteiger partial charge in [-0.15, -0.1) is 11.3 Å². The zero-order chi connectivity index (χ0) is 25.3. The third-order valence-electron chi connectivity index (χ3n) is 6.02. The number of thioether (sulfide) groups is 1. The van der Waals surface area contributed by atoms with E-state index in [0.29, 0.717) is 23.0 Å². The number of rotatable bonds is 8. The predicted molar refractivity (Wildman–Crippen MR) is 141 cm³/mol. The second-order valence-electron chi connectivity index (χ2n) is 8.23. The van der Waals surface area contributed by atoms with Crippen LogP contribution in [0.25, 0.3) is 21.7 Å². The van der Waals surface area contributed by atoms with E-state index < -0.39 is 16.0 Å². The van der Waals surface area contributed by atoms with Gasteiger partial charge < -0.3 is 5.11 Å². The molecular weight excluding hydrogens is 517 g/mol. The second-order valence-corrected chi connectivity index (χ2v) is 12.2. The molecule has 1 unspecified atom stereocenters. The Balaban J connectivity index is 1.51. The summed E-state index contributed by atoms with van der Waals surface area (Å²) in [5.41, 5.74) is 3.91. The van der Waals surface area contributed by atoms with Gasteiger partial charge in [0.2, 0.25) is 0 Å². The molecule has 5 rings (SSSR count). The van der Waals surface area contributed by atoms with Gasteiger partial charge in [0, 0.05) is 37.5 Å². The Hall–Kier alpha value is -3.28. The van der Waals surface area contributed by atoms with Crippen molar-refractivity contribution in [1.82, 2.24) is 15.0 Å². The van der Waals surface area contributed by atoms with E-state index in [0.717, 1.165) is 32.9 Å². The van der Waals surface area contributed by atoms with Crippen LogP contribution in [0.2, 0.25) is 0 Å². The number of anilines is 1. The quantitative estimate of drug-likeness (QED) is 0.242. The number of hydrogen-bond donors (Lipinski definition) is 1. The number of sulfonamides is 1. The summed E-state index contributed by atoms with van der Waals surface area (Å²) in [4.78, 5) is 24.9. The van der Waals surface area contributed by atoms with Crippen LogP contribution in [0.15, 0.2) is 76.5 Å². The smallest absolute Gasteiger partial charge is 0.303 e. The summed E-state index contributed by atoms with van der Waals surface area (Å²) in [6, 6.07) is 14.5. The van der Waals surface area contributed by atoms with Gasteiger partial charge in [-0.05, 0) is 65.8 Å². The molecule has 1 aliphatic heterocycles. The van der Waals surface area contributed by atoms with Gasteiger partial charge in [-0.1, -0.05) is 23.9 Å². The zero-order valence-electron chi connectivity index (χ0n) is 19.2. The summed E-state index contributed by atoms with van der Waals surface area (Å²) in [6.45, 7) is 0.193. The van der Waals surface area contributed by atoms with Crippen molar-refractivity contribution in [2.24, 2.45) is 0 Å². The van der Waals surface area contributed by atoms with Crippen LogP contribution >= 0.6 is 23.1 Å². The SMILES string of the molecule is CSc1nccc(-c2ccc(S(=O)(=O)N3CC(CCC(=O)O)c4cc(-c5cccnc5)ccc43)s2)n1. The Morgan fingerprint density at radius 2 is 2.03 bits per heavy atom.